The molecule has 3 rings (SSSR count). The highest BCUT2D eigenvalue weighted by atomic mass is 16.6. The lowest BCUT2D eigenvalue weighted by Gasteiger charge is -2.18. The van der Waals surface area contributed by atoms with Crippen molar-refractivity contribution in [3.8, 4) is 11.5 Å². The van der Waals surface area contributed by atoms with Crippen LogP contribution in [0.1, 0.15) is 15.9 Å². The van der Waals surface area contributed by atoms with Crippen molar-refractivity contribution in [1.82, 2.24) is 5.32 Å². The van der Waals surface area contributed by atoms with Crippen LogP contribution in [0.4, 0.5) is 0 Å². The van der Waals surface area contributed by atoms with Crippen LogP contribution in [-0.4, -0.2) is 37.6 Å². The molecule has 0 aromatic heterocycles. The Morgan fingerprint density at radius 3 is 2.52 bits per heavy atom. The van der Waals surface area contributed by atoms with Crippen LogP contribution in [0.5, 0.6) is 11.5 Å². The maximum atomic E-state index is 11.8. The smallest absolute Gasteiger partial charge is 0.331 e. The van der Waals surface area contributed by atoms with Crippen molar-refractivity contribution in [3.63, 3.8) is 0 Å². The van der Waals surface area contributed by atoms with E-state index >= 15 is 0 Å². The van der Waals surface area contributed by atoms with Crippen LogP contribution in [0.15, 0.2) is 54.6 Å². The van der Waals surface area contributed by atoms with Crippen molar-refractivity contribution < 1.29 is 28.6 Å². The summed E-state index contributed by atoms with van der Waals surface area (Å²) in [6.45, 7) is 0.422. The van der Waals surface area contributed by atoms with Gasteiger partial charge in [-0.15, -0.1) is 0 Å². The number of benzene rings is 2. The minimum atomic E-state index is -0.704. The third kappa shape index (κ3) is 5.18. The number of hydrogen-bond donors (Lipinski definition) is 1. The first-order chi connectivity index (χ1) is 13.1. The van der Waals surface area contributed by atoms with E-state index in [1.807, 2.05) is 0 Å². The van der Waals surface area contributed by atoms with E-state index in [2.05, 4.69) is 5.32 Å². The summed E-state index contributed by atoms with van der Waals surface area (Å²) < 4.78 is 15.7. The Bertz CT molecular complexity index is 875. The molecule has 0 saturated carbocycles. The van der Waals surface area contributed by atoms with E-state index in [9.17, 15) is 14.4 Å². The Kier molecular flexibility index (Phi) is 5.84. The summed E-state index contributed by atoms with van der Waals surface area (Å²) in [5.41, 5.74) is 1.07. The molecule has 0 aliphatic carbocycles. The van der Waals surface area contributed by atoms with Gasteiger partial charge < -0.3 is 14.2 Å². The van der Waals surface area contributed by atoms with E-state index in [-0.39, 0.29) is 0 Å². The number of nitrogens with one attached hydrogen (secondary N) is 1. The maximum Gasteiger partial charge on any atom is 0.331 e. The summed E-state index contributed by atoms with van der Waals surface area (Å²) in [4.78, 5) is 35.3. The van der Waals surface area contributed by atoms with Gasteiger partial charge in [-0.05, 0) is 35.9 Å². The van der Waals surface area contributed by atoms with Crippen LogP contribution in [0, 0.1) is 0 Å². The molecule has 0 unspecified atom stereocenters. The number of esters is 1. The normalized spacial score (nSPS) is 12.4. The molecule has 0 saturated heterocycles. The van der Waals surface area contributed by atoms with Crippen LogP contribution in [0.25, 0.3) is 6.08 Å². The summed E-state index contributed by atoms with van der Waals surface area (Å²) >= 11 is 0. The molecular weight excluding hydrogens is 350 g/mol. The van der Waals surface area contributed by atoms with Crippen molar-refractivity contribution >= 4 is 23.9 Å². The monoisotopic (exact) mass is 367 g/mol. The zero-order chi connectivity index (χ0) is 19.1. The van der Waals surface area contributed by atoms with E-state index in [0.717, 1.165) is 5.56 Å². The summed E-state index contributed by atoms with van der Waals surface area (Å²) in [5.74, 6) is -0.697. The third-order valence-electron chi connectivity index (χ3n) is 3.61. The number of imide groups is 1. The van der Waals surface area contributed by atoms with Crippen LogP contribution in [-0.2, 0) is 14.3 Å². The second kappa shape index (κ2) is 8.66. The molecule has 27 heavy (non-hydrogen) atoms. The van der Waals surface area contributed by atoms with Gasteiger partial charge in [0.25, 0.3) is 11.8 Å². The number of amides is 2. The lowest BCUT2D eigenvalue weighted by molar-refractivity contribution is -0.143. The molecule has 1 aliphatic heterocycles. The lowest BCUT2D eigenvalue weighted by atomic mass is 10.2. The molecule has 0 fully saturated rings. The van der Waals surface area contributed by atoms with Gasteiger partial charge >= 0.3 is 5.97 Å². The molecule has 0 spiro atoms. The Balaban J connectivity index is 1.47. The Labute approximate surface area is 155 Å². The van der Waals surface area contributed by atoms with Gasteiger partial charge in [-0.1, -0.05) is 24.3 Å². The molecule has 1 aliphatic rings. The summed E-state index contributed by atoms with van der Waals surface area (Å²) in [5, 5.41) is 2.15. The van der Waals surface area contributed by atoms with Crippen molar-refractivity contribution in [2.75, 3.05) is 19.8 Å². The lowest BCUT2D eigenvalue weighted by Crippen LogP contribution is -2.33. The number of carbonyl (C=O) groups excluding carboxylic acids is 3. The predicted octanol–water partition coefficient (Wildman–Crippen LogP) is 1.97. The average Bonchev–Trinajstić information content (AvgIpc) is 2.71. The van der Waals surface area contributed by atoms with Gasteiger partial charge in [0.05, 0.1) is 0 Å². The largest absolute Gasteiger partial charge is 0.486 e. The first kappa shape index (κ1) is 18.2. The van der Waals surface area contributed by atoms with Crippen molar-refractivity contribution in [1.29, 1.82) is 0 Å². The first-order valence-corrected chi connectivity index (χ1v) is 8.25. The fraction of sp³-hybridized carbons (Fsp3) is 0.150. The number of rotatable bonds is 5. The maximum absolute atomic E-state index is 11.8. The highest BCUT2D eigenvalue weighted by Gasteiger charge is 2.12. The standard InChI is InChI=1S/C20H17NO6/c22-18(21-20(24)15-4-2-1-3-5-15)13-27-19(23)9-7-14-6-8-16-17(12-14)26-11-10-25-16/h1-9,12H,10-11,13H2,(H,21,22,24)/b9-7+. The quantitative estimate of drug-likeness (QED) is 0.642. The molecule has 2 aromatic rings. The molecule has 1 heterocycles. The number of ether oxygens (including phenoxy) is 3. The van der Waals surface area contributed by atoms with E-state index in [0.29, 0.717) is 30.3 Å². The zero-order valence-corrected chi connectivity index (χ0v) is 14.3. The van der Waals surface area contributed by atoms with E-state index < -0.39 is 24.4 Å². The SMILES string of the molecule is O=C(COC(=O)/C=C/c1ccc2c(c1)OCCO2)NC(=O)c1ccccc1. The fourth-order valence-electron chi connectivity index (χ4n) is 2.34. The van der Waals surface area contributed by atoms with Crippen molar-refractivity contribution in [3.05, 3.63) is 65.7 Å². The minimum absolute atomic E-state index is 0.343. The molecule has 7 nitrogen and oxygen atoms in total. The third-order valence-corrected chi connectivity index (χ3v) is 3.61. The Morgan fingerprint density at radius 1 is 1.00 bits per heavy atom. The summed E-state index contributed by atoms with van der Waals surface area (Å²) in [6.07, 6.45) is 2.73. The van der Waals surface area contributed by atoms with Gasteiger partial charge in [0.1, 0.15) is 13.2 Å². The van der Waals surface area contributed by atoms with Crippen LogP contribution < -0.4 is 14.8 Å². The minimum Gasteiger partial charge on any atom is -0.486 e. The molecule has 1 N–H and O–H groups in total. The molecule has 0 bridgehead atoms. The van der Waals surface area contributed by atoms with Crippen LogP contribution in [0.2, 0.25) is 0 Å². The molecule has 0 atom stereocenters. The van der Waals surface area contributed by atoms with Crippen LogP contribution in [0.3, 0.4) is 0 Å². The van der Waals surface area contributed by atoms with Gasteiger partial charge in [0, 0.05) is 11.6 Å². The van der Waals surface area contributed by atoms with E-state index in [1.165, 1.54) is 12.2 Å². The summed E-state index contributed by atoms with van der Waals surface area (Å²) in [6, 6.07) is 13.5. The predicted molar refractivity (Wildman–Crippen MR) is 96.3 cm³/mol. The van der Waals surface area contributed by atoms with Gasteiger partial charge in [0.15, 0.2) is 18.1 Å². The molecule has 2 aromatic carbocycles. The Hall–Kier alpha value is -3.61. The Morgan fingerprint density at radius 2 is 1.74 bits per heavy atom. The van der Waals surface area contributed by atoms with Crippen LogP contribution >= 0.6 is 0 Å². The van der Waals surface area contributed by atoms with Gasteiger partial charge in [-0.3, -0.25) is 14.9 Å². The van der Waals surface area contributed by atoms with E-state index in [1.54, 1.807) is 48.5 Å². The van der Waals surface area contributed by atoms with Gasteiger partial charge in [-0.2, -0.15) is 0 Å². The van der Waals surface area contributed by atoms with Crippen molar-refractivity contribution in [2.45, 2.75) is 0 Å². The zero-order valence-electron chi connectivity index (χ0n) is 14.3. The molecule has 7 heteroatoms. The first-order valence-electron chi connectivity index (χ1n) is 8.25. The molecular formula is C20H17NO6. The second-order valence-electron chi connectivity index (χ2n) is 5.59. The molecule has 0 radical (unpaired) electrons. The molecule has 2 amide bonds. The highest BCUT2D eigenvalue weighted by Crippen LogP contribution is 2.31. The fourth-order valence-corrected chi connectivity index (χ4v) is 2.34. The number of fused-ring (bicyclic) bond motifs is 1. The summed E-state index contributed by atoms with van der Waals surface area (Å²) in [7, 11) is 0. The van der Waals surface area contributed by atoms with Crippen molar-refractivity contribution in [2.24, 2.45) is 0 Å². The average molecular weight is 367 g/mol. The number of hydrogen-bond acceptors (Lipinski definition) is 6. The van der Waals surface area contributed by atoms with Gasteiger partial charge in [-0.25, -0.2) is 4.79 Å². The topological polar surface area (TPSA) is 90.9 Å². The second-order valence-corrected chi connectivity index (χ2v) is 5.59. The number of carbonyl (C=O) groups is 3. The van der Waals surface area contributed by atoms with E-state index in [4.69, 9.17) is 14.2 Å². The molecule has 138 valence electrons. The van der Waals surface area contributed by atoms with Gasteiger partial charge in [0.2, 0.25) is 0 Å². The highest BCUT2D eigenvalue weighted by molar-refractivity contribution is 6.05.